The Bertz CT molecular complexity index is 348. The highest BCUT2D eigenvalue weighted by Crippen LogP contribution is 2.07. The molecule has 6 nitrogen and oxygen atoms in total. The van der Waals surface area contributed by atoms with Crippen LogP contribution in [0.1, 0.15) is 40.5 Å². The molecule has 0 unspecified atom stereocenters. The quantitative estimate of drug-likeness (QED) is 0.737. The van der Waals surface area contributed by atoms with E-state index in [0.29, 0.717) is 13.0 Å². The summed E-state index contributed by atoms with van der Waals surface area (Å²) in [6, 6.07) is 0.572. The average molecular weight is 269 g/mol. The molecule has 0 saturated carbocycles. The first-order valence-corrected chi connectivity index (χ1v) is 6.46. The van der Waals surface area contributed by atoms with Crippen LogP contribution in [0.5, 0.6) is 0 Å². The number of rotatable bonds is 7. The molecule has 0 radical (unpaired) electrons. The molecule has 19 heavy (non-hydrogen) atoms. The van der Waals surface area contributed by atoms with Crippen LogP contribution in [0.15, 0.2) is 0 Å². The minimum Gasteiger partial charge on any atom is -0.480 e. The summed E-state index contributed by atoms with van der Waals surface area (Å²) in [6.07, 6.45) is 0.610. The molecule has 2 N–H and O–H groups in total. The first-order valence-electron chi connectivity index (χ1n) is 6.46. The number of nitrogens with zero attached hydrogens (tertiary/aromatic N) is 2. The summed E-state index contributed by atoms with van der Waals surface area (Å²) in [5, 5.41) is 20.2. The van der Waals surface area contributed by atoms with Crippen molar-refractivity contribution in [3.8, 4) is 6.07 Å². The van der Waals surface area contributed by atoms with Crippen molar-refractivity contribution in [2.45, 2.75) is 52.6 Å². The number of aliphatic carboxylic acids is 1. The number of carbonyl (C=O) groups is 2. The van der Waals surface area contributed by atoms with Gasteiger partial charge in [-0.2, -0.15) is 5.26 Å². The van der Waals surface area contributed by atoms with Crippen molar-refractivity contribution in [1.82, 2.24) is 10.2 Å². The number of hydrogen-bond donors (Lipinski definition) is 2. The lowest BCUT2D eigenvalue weighted by Gasteiger charge is -2.28. The minimum atomic E-state index is -1.04. The van der Waals surface area contributed by atoms with Crippen LogP contribution in [-0.2, 0) is 4.79 Å². The van der Waals surface area contributed by atoms with Crippen LogP contribution in [0.3, 0.4) is 0 Å². The lowest BCUT2D eigenvalue weighted by molar-refractivity contribution is -0.139. The van der Waals surface area contributed by atoms with Gasteiger partial charge in [0.25, 0.3) is 0 Å². The molecule has 0 aromatic carbocycles. The van der Waals surface area contributed by atoms with E-state index in [1.165, 1.54) is 4.90 Å². The normalized spacial score (nSPS) is 12.1. The molecule has 0 heterocycles. The standard InChI is InChI=1S/C13H23N3O3/c1-9(2)8-11(12(17)18)15-13(19)16(10(3)4)7-5-6-14/h9-11H,5,7-8H2,1-4H3,(H,15,19)(H,17,18)/t11-/m1/s1. The molecule has 1 atom stereocenters. The van der Waals surface area contributed by atoms with Gasteiger partial charge in [0.2, 0.25) is 0 Å². The summed E-state index contributed by atoms with van der Waals surface area (Å²) in [5.74, 6) is -0.862. The second-order valence-electron chi connectivity index (χ2n) is 5.17. The van der Waals surface area contributed by atoms with Crippen LogP contribution in [0, 0.1) is 17.2 Å². The maximum Gasteiger partial charge on any atom is 0.326 e. The lowest BCUT2D eigenvalue weighted by atomic mass is 10.0. The Morgan fingerprint density at radius 3 is 2.26 bits per heavy atom. The zero-order valence-electron chi connectivity index (χ0n) is 12.0. The molecular weight excluding hydrogens is 246 g/mol. The highest BCUT2D eigenvalue weighted by atomic mass is 16.4. The van der Waals surface area contributed by atoms with Crippen LogP contribution in [0.4, 0.5) is 4.79 Å². The molecule has 0 aliphatic rings. The van der Waals surface area contributed by atoms with E-state index in [9.17, 15) is 9.59 Å². The maximum atomic E-state index is 12.0. The smallest absolute Gasteiger partial charge is 0.326 e. The molecule has 0 saturated heterocycles. The van der Waals surface area contributed by atoms with E-state index in [-0.39, 0.29) is 18.4 Å². The Balaban J connectivity index is 4.66. The molecular formula is C13H23N3O3. The molecule has 0 aromatic rings. The van der Waals surface area contributed by atoms with Crippen molar-refractivity contribution in [1.29, 1.82) is 5.26 Å². The van der Waals surface area contributed by atoms with Crippen molar-refractivity contribution >= 4 is 12.0 Å². The molecule has 0 aliphatic carbocycles. The minimum absolute atomic E-state index is 0.0816. The van der Waals surface area contributed by atoms with Gasteiger partial charge < -0.3 is 15.3 Å². The fourth-order valence-electron chi connectivity index (χ4n) is 1.69. The number of carbonyl (C=O) groups excluding carboxylic acids is 1. The summed E-state index contributed by atoms with van der Waals surface area (Å²) in [6.45, 7) is 7.76. The molecule has 0 aliphatic heterocycles. The Morgan fingerprint density at radius 2 is 1.89 bits per heavy atom. The van der Waals surface area contributed by atoms with Gasteiger partial charge in [0.05, 0.1) is 12.5 Å². The van der Waals surface area contributed by atoms with Gasteiger partial charge in [-0.25, -0.2) is 9.59 Å². The van der Waals surface area contributed by atoms with Crippen LogP contribution in [0.25, 0.3) is 0 Å². The summed E-state index contributed by atoms with van der Waals surface area (Å²) >= 11 is 0. The van der Waals surface area contributed by atoms with E-state index in [4.69, 9.17) is 10.4 Å². The monoisotopic (exact) mass is 269 g/mol. The largest absolute Gasteiger partial charge is 0.480 e. The molecule has 108 valence electrons. The van der Waals surface area contributed by atoms with Crippen LogP contribution in [0.2, 0.25) is 0 Å². The van der Waals surface area contributed by atoms with Crippen molar-refractivity contribution in [2.75, 3.05) is 6.54 Å². The average Bonchev–Trinajstić information content (AvgIpc) is 2.27. The third-order valence-electron chi connectivity index (χ3n) is 2.65. The van der Waals surface area contributed by atoms with Crippen LogP contribution >= 0.6 is 0 Å². The number of hydrogen-bond acceptors (Lipinski definition) is 3. The van der Waals surface area contributed by atoms with E-state index in [0.717, 1.165) is 0 Å². The fourth-order valence-corrected chi connectivity index (χ4v) is 1.69. The predicted molar refractivity (Wildman–Crippen MR) is 71.5 cm³/mol. The van der Waals surface area contributed by atoms with E-state index < -0.39 is 18.0 Å². The summed E-state index contributed by atoms with van der Waals surface area (Å²) in [5.41, 5.74) is 0. The van der Waals surface area contributed by atoms with E-state index in [1.54, 1.807) is 0 Å². The van der Waals surface area contributed by atoms with Gasteiger partial charge in [0.1, 0.15) is 6.04 Å². The Hall–Kier alpha value is -1.77. The van der Waals surface area contributed by atoms with Crippen molar-refractivity contribution < 1.29 is 14.7 Å². The van der Waals surface area contributed by atoms with Gasteiger partial charge in [0.15, 0.2) is 0 Å². The van der Waals surface area contributed by atoms with Crippen molar-refractivity contribution in [3.05, 3.63) is 0 Å². The first kappa shape index (κ1) is 17.2. The van der Waals surface area contributed by atoms with Gasteiger partial charge in [-0.1, -0.05) is 13.8 Å². The maximum absolute atomic E-state index is 12.0. The van der Waals surface area contributed by atoms with Gasteiger partial charge in [0, 0.05) is 12.6 Å². The SMILES string of the molecule is CC(C)C[C@@H](NC(=O)N(CCC#N)C(C)C)C(=O)O. The Kier molecular flexibility index (Phi) is 7.57. The zero-order valence-corrected chi connectivity index (χ0v) is 12.0. The van der Waals surface area contributed by atoms with Gasteiger partial charge in [-0.3, -0.25) is 0 Å². The highest BCUT2D eigenvalue weighted by Gasteiger charge is 2.24. The topological polar surface area (TPSA) is 93.4 Å². The molecule has 0 spiro atoms. The molecule has 6 heteroatoms. The number of carboxylic acids is 1. The number of carboxylic acid groups (broad SMARTS) is 1. The zero-order chi connectivity index (χ0) is 15.0. The van der Waals surface area contributed by atoms with Crippen molar-refractivity contribution in [3.63, 3.8) is 0 Å². The fraction of sp³-hybridized carbons (Fsp3) is 0.769. The Labute approximate surface area is 114 Å². The summed E-state index contributed by atoms with van der Waals surface area (Å²) in [7, 11) is 0. The first-order chi connectivity index (χ1) is 8.79. The third kappa shape index (κ3) is 6.65. The second-order valence-corrected chi connectivity index (χ2v) is 5.17. The van der Waals surface area contributed by atoms with E-state index in [2.05, 4.69) is 5.32 Å². The predicted octanol–water partition coefficient (Wildman–Crippen LogP) is 1.82. The lowest BCUT2D eigenvalue weighted by Crippen LogP contribution is -2.50. The highest BCUT2D eigenvalue weighted by molar-refractivity contribution is 5.82. The second kappa shape index (κ2) is 8.35. The number of urea groups is 1. The van der Waals surface area contributed by atoms with Crippen LogP contribution < -0.4 is 5.32 Å². The number of nitriles is 1. The third-order valence-corrected chi connectivity index (χ3v) is 2.65. The molecule has 0 aromatic heterocycles. The number of amides is 2. The van der Waals surface area contributed by atoms with E-state index >= 15 is 0 Å². The van der Waals surface area contributed by atoms with Gasteiger partial charge in [-0.15, -0.1) is 0 Å². The van der Waals surface area contributed by atoms with Crippen molar-refractivity contribution in [2.24, 2.45) is 5.92 Å². The summed E-state index contributed by atoms with van der Waals surface area (Å²) < 4.78 is 0. The van der Waals surface area contributed by atoms with Crippen LogP contribution in [-0.4, -0.2) is 40.6 Å². The number of nitrogens with one attached hydrogen (secondary N) is 1. The van der Waals surface area contributed by atoms with Gasteiger partial charge >= 0.3 is 12.0 Å². The Morgan fingerprint density at radius 1 is 1.32 bits per heavy atom. The molecule has 0 bridgehead atoms. The molecule has 0 fully saturated rings. The van der Waals surface area contributed by atoms with Gasteiger partial charge in [-0.05, 0) is 26.2 Å². The van der Waals surface area contributed by atoms with E-state index in [1.807, 2.05) is 33.8 Å². The summed E-state index contributed by atoms with van der Waals surface area (Å²) in [4.78, 5) is 24.6. The molecule has 0 rings (SSSR count). The molecule has 2 amide bonds.